The third-order valence-corrected chi connectivity index (χ3v) is 3.91. The minimum Gasteiger partial charge on any atom is -0.348 e. The Morgan fingerprint density at radius 2 is 1.92 bits per heavy atom. The quantitative estimate of drug-likeness (QED) is 0.595. The fourth-order valence-electron chi connectivity index (χ4n) is 2.55. The van der Waals surface area contributed by atoms with Crippen LogP contribution in [0.3, 0.4) is 0 Å². The zero-order valence-corrected chi connectivity index (χ0v) is 13.7. The van der Waals surface area contributed by atoms with Crippen LogP contribution in [0.15, 0.2) is 73.6 Å². The van der Waals surface area contributed by atoms with Crippen molar-refractivity contribution in [2.45, 2.75) is 6.54 Å². The lowest BCUT2D eigenvalue weighted by Crippen LogP contribution is -2.22. The molecule has 2 aromatic heterocycles. The van der Waals surface area contributed by atoms with Gasteiger partial charge < -0.3 is 9.88 Å². The van der Waals surface area contributed by atoms with E-state index in [2.05, 4.69) is 25.8 Å². The Bertz CT molecular complexity index is 992. The molecule has 4 rings (SSSR count). The summed E-state index contributed by atoms with van der Waals surface area (Å²) < 4.78 is 3.43. The first-order valence-electron chi connectivity index (χ1n) is 7.98. The van der Waals surface area contributed by atoms with Gasteiger partial charge in [-0.2, -0.15) is 0 Å². The maximum atomic E-state index is 12.4. The van der Waals surface area contributed by atoms with Gasteiger partial charge in [0.25, 0.3) is 5.91 Å². The van der Waals surface area contributed by atoms with Crippen molar-refractivity contribution < 1.29 is 4.79 Å². The molecule has 0 spiro atoms. The van der Waals surface area contributed by atoms with Gasteiger partial charge in [-0.05, 0) is 46.3 Å². The van der Waals surface area contributed by atoms with Gasteiger partial charge in [-0.3, -0.25) is 4.79 Å². The molecule has 1 N–H and O–H groups in total. The summed E-state index contributed by atoms with van der Waals surface area (Å²) in [4.78, 5) is 16.4. The average Bonchev–Trinajstić information content (AvgIpc) is 3.40. The molecule has 0 bridgehead atoms. The third kappa shape index (κ3) is 3.34. The van der Waals surface area contributed by atoms with Crippen molar-refractivity contribution in [1.29, 1.82) is 0 Å². The van der Waals surface area contributed by atoms with Gasteiger partial charge in [-0.15, -0.1) is 5.10 Å². The number of rotatable bonds is 5. The molecule has 4 aromatic rings. The highest BCUT2D eigenvalue weighted by molar-refractivity contribution is 5.94. The molecule has 26 heavy (non-hydrogen) atoms. The maximum Gasteiger partial charge on any atom is 0.251 e. The second kappa shape index (κ2) is 6.98. The fourth-order valence-corrected chi connectivity index (χ4v) is 2.55. The van der Waals surface area contributed by atoms with E-state index >= 15 is 0 Å². The van der Waals surface area contributed by atoms with Crippen LogP contribution >= 0.6 is 0 Å². The molecule has 0 saturated heterocycles. The minimum absolute atomic E-state index is 0.154. The Hall–Kier alpha value is -3.81. The van der Waals surface area contributed by atoms with E-state index in [9.17, 15) is 4.79 Å². The standard InChI is InChI=1S/C18H15N7O/c26-18(15-2-1-3-17(10-15)25-13-21-22-23-25)20-11-14-4-6-16(7-5-14)24-9-8-19-12-24/h1-10,12-13H,11H2,(H,20,26). The van der Waals surface area contributed by atoms with Crippen molar-refractivity contribution in [2.75, 3.05) is 0 Å². The van der Waals surface area contributed by atoms with Crippen molar-refractivity contribution in [3.8, 4) is 11.4 Å². The molecule has 0 aliphatic rings. The summed E-state index contributed by atoms with van der Waals surface area (Å²) in [5.74, 6) is -0.154. The summed E-state index contributed by atoms with van der Waals surface area (Å²) in [5.41, 5.74) is 3.31. The van der Waals surface area contributed by atoms with Gasteiger partial charge in [0, 0.05) is 30.2 Å². The number of benzene rings is 2. The SMILES string of the molecule is O=C(NCc1ccc(-n2ccnc2)cc1)c1cccc(-n2cnnn2)c1. The van der Waals surface area contributed by atoms with Gasteiger partial charge >= 0.3 is 0 Å². The zero-order valence-electron chi connectivity index (χ0n) is 13.7. The third-order valence-electron chi connectivity index (χ3n) is 3.91. The molecule has 0 aliphatic carbocycles. The van der Waals surface area contributed by atoms with Crippen LogP contribution in [-0.2, 0) is 6.54 Å². The van der Waals surface area contributed by atoms with Gasteiger partial charge in [0.1, 0.15) is 6.33 Å². The normalized spacial score (nSPS) is 10.6. The lowest BCUT2D eigenvalue weighted by Gasteiger charge is -2.08. The molecule has 0 unspecified atom stereocenters. The summed E-state index contributed by atoms with van der Waals surface area (Å²) >= 11 is 0. The maximum absolute atomic E-state index is 12.4. The van der Waals surface area contributed by atoms with Crippen LogP contribution in [0.5, 0.6) is 0 Å². The zero-order chi connectivity index (χ0) is 17.8. The number of amides is 1. The molecule has 2 heterocycles. The lowest BCUT2D eigenvalue weighted by molar-refractivity contribution is 0.0951. The smallest absolute Gasteiger partial charge is 0.251 e. The van der Waals surface area contributed by atoms with E-state index < -0.39 is 0 Å². The highest BCUT2D eigenvalue weighted by Gasteiger charge is 2.07. The molecule has 0 aliphatic heterocycles. The van der Waals surface area contributed by atoms with Crippen molar-refractivity contribution in [2.24, 2.45) is 0 Å². The van der Waals surface area contributed by atoms with Gasteiger partial charge in [-0.1, -0.05) is 18.2 Å². The molecule has 0 saturated carbocycles. The summed E-state index contributed by atoms with van der Waals surface area (Å²) in [6.45, 7) is 0.443. The average molecular weight is 345 g/mol. The summed E-state index contributed by atoms with van der Waals surface area (Å²) in [6, 6.07) is 15.1. The lowest BCUT2D eigenvalue weighted by atomic mass is 10.1. The Kier molecular flexibility index (Phi) is 4.21. The van der Waals surface area contributed by atoms with Crippen LogP contribution in [0.25, 0.3) is 11.4 Å². The van der Waals surface area contributed by atoms with Crippen LogP contribution < -0.4 is 5.32 Å². The molecule has 0 radical (unpaired) electrons. The van der Waals surface area contributed by atoms with Crippen LogP contribution in [0.2, 0.25) is 0 Å². The molecular formula is C18H15N7O. The number of carbonyl (C=O) groups excluding carboxylic acids is 1. The second-order valence-electron chi connectivity index (χ2n) is 5.62. The summed E-state index contributed by atoms with van der Waals surface area (Å²) in [6.07, 6.45) is 6.85. The molecule has 8 nitrogen and oxygen atoms in total. The predicted octanol–water partition coefficient (Wildman–Crippen LogP) is 1.78. The van der Waals surface area contributed by atoms with Gasteiger partial charge in [0.15, 0.2) is 0 Å². The van der Waals surface area contributed by atoms with E-state index in [1.807, 2.05) is 41.1 Å². The van der Waals surface area contributed by atoms with Crippen LogP contribution in [0, 0.1) is 0 Å². The molecule has 8 heteroatoms. The topological polar surface area (TPSA) is 90.5 Å². The second-order valence-corrected chi connectivity index (χ2v) is 5.62. The van der Waals surface area contributed by atoms with Crippen LogP contribution in [-0.4, -0.2) is 35.7 Å². The van der Waals surface area contributed by atoms with Crippen LogP contribution in [0.4, 0.5) is 0 Å². The number of nitrogens with zero attached hydrogens (tertiary/aromatic N) is 6. The first kappa shape index (κ1) is 15.7. The van der Waals surface area contributed by atoms with Crippen molar-refractivity contribution in [3.05, 3.63) is 84.7 Å². The molecule has 0 fully saturated rings. The number of nitrogens with one attached hydrogen (secondary N) is 1. The van der Waals surface area contributed by atoms with Crippen LogP contribution in [0.1, 0.15) is 15.9 Å². The van der Waals surface area contributed by atoms with E-state index in [4.69, 9.17) is 0 Å². The number of hydrogen-bond donors (Lipinski definition) is 1. The van der Waals surface area contributed by atoms with E-state index in [1.165, 1.54) is 11.0 Å². The largest absolute Gasteiger partial charge is 0.348 e. The van der Waals surface area contributed by atoms with E-state index in [0.29, 0.717) is 12.1 Å². The van der Waals surface area contributed by atoms with E-state index in [0.717, 1.165) is 16.9 Å². The van der Waals surface area contributed by atoms with Crippen molar-refractivity contribution in [1.82, 2.24) is 35.1 Å². The Morgan fingerprint density at radius 1 is 1.04 bits per heavy atom. The Balaban J connectivity index is 1.42. The Morgan fingerprint density at radius 3 is 2.65 bits per heavy atom. The molecular weight excluding hydrogens is 330 g/mol. The van der Waals surface area contributed by atoms with E-state index in [1.54, 1.807) is 30.7 Å². The Labute approximate surface area is 149 Å². The highest BCUT2D eigenvalue weighted by Crippen LogP contribution is 2.11. The van der Waals surface area contributed by atoms with Gasteiger partial charge in [0.2, 0.25) is 0 Å². The number of aromatic nitrogens is 6. The minimum atomic E-state index is -0.154. The van der Waals surface area contributed by atoms with Gasteiger partial charge in [0.05, 0.1) is 12.0 Å². The number of carbonyl (C=O) groups is 1. The van der Waals surface area contributed by atoms with Gasteiger partial charge in [-0.25, -0.2) is 9.67 Å². The summed E-state index contributed by atoms with van der Waals surface area (Å²) in [7, 11) is 0. The highest BCUT2D eigenvalue weighted by atomic mass is 16.1. The first-order valence-corrected chi connectivity index (χ1v) is 7.98. The first-order chi connectivity index (χ1) is 12.8. The fraction of sp³-hybridized carbons (Fsp3) is 0.0556. The van der Waals surface area contributed by atoms with Crippen molar-refractivity contribution in [3.63, 3.8) is 0 Å². The predicted molar refractivity (Wildman–Crippen MR) is 93.9 cm³/mol. The number of imidazole rings is 1. The molecule has 0 atom stereocenters. The monoisotopic (exact) mass is 345 g/mol. The van der Waals surface area contributed by atoms with Crippen molar-refractivity contribution >= 4 is 5.91 Å². The summed E-state index contributed by atoms with van der Waals surface area (Å²) in [5, 5.41) is 14.0. The molecule has 128 valence electrons. The molecule has 2 aromatic carbocycles. The number of tetrazole rings is 1. The molecule has 1 amide bonds. The number of hydrogen-bond acceptors (Lipinski definition) is 5. The van der Waals surface area contributed by atoms with E-state index in [-0.39, 0.29) is 5.91 Å².